The maximum atomic E-state index is 6.94. The van der Waals surface area contributed by atoms with Crippen LogP contribution in [0.25, 0.3) is 76.5 Å². The van der Waals surface area contributed by atoms with Crippen LogP contribution >= 0.6 is 16.5 Å². The first-order chi connectivity index (χ1) is 41.5. The first-order valence-corrected chi connectivity index (χ1v) is 33.4. The fraction of sp³-hybridized carbons (Fsp3) is 0.421. The molecule has 0 spiro atoms. The van der Waals surface area contributed by atoms with Crippen LogP contribution < -0.4 is 18.5 Å². The highest BCUT2D eigenvalue weighted by Crippen LogP contribution is 2.49. The zero-order chi connectivity index (χ0) is 63.4. The van der Waals surface area contributed by atoms with Crippen molar-refractivity contribution in [3.63, 3.8) is 0 Å². The molecular weight excluding hydrogens is 1130 g/mol. The summed E-state index contributed by atoms with van der Waals surface area (Å²) in [5.41, 5.74) is 18.6. The van der Waals surface area contributed by atoms with E-state index in [2.05, 4.69) is 236 Å². The van der Waals surface area contributed by atoms with Crippen molar-refractivity contribution >= 4 is 81.9 Å². The summed E-state index contributed by atoms with van der Waals surface area (Å²) in [7, 11) is -3.70. The average molecular weight is 1230 g/mol. The van der Waals surface area contributed by atoms with E-state index in [1.807, 2.05) is 0 Å². The molecule has 0 atom stereocenters. The van der Waals surface area contributed by atoms with Crippen molar-refractivity contribution in [2.45, 2.75) is 160 Å². The minimum Gasteiger partial charge on any atom is -0.491 e. The summed E-state index contributed by atoms with van der Waals surface area (Å²) in [6, 6.07) is 34.2. The Morgan fingerprint density at radius 1 is 0.330 bits per heavy atom. The van der Waals surface area contributed by atoms with Gasteiger partial charge in [-0.05, 0) is 155 Å². The predicted octanol–water partition coefficient (Wildman–Crippen LogP) is 21.6. The molecule has 0 amide bonds. The Hall–Kier alpha value is -6.48. The maximum Gasteiger partial charge on any atom is 0.387 e. The number of benzene rings is 8. The van der Waals surface area contributed by atoms with Gasteiger partial charge in [-0.15, -0.1) is 0 Å². The van der Waals surface area contributed by atoms with Crippen LogP contribution in [0, 0.1) is 55.4 Å². The summed E-state index contributed by atoms with van der Waals surface area (Å²) in [4.78, 5) is 0. The number of hydrogen-bond acceptors (Lipinski definition) is 10. The summed E-state index contributed by atoms with van der Waals surface area (Å²) in [6.45, 7) is 46.7. The lowest BCUT2D eigenvalue weighted by molar-refractivity contribution is 0.0838. The highest BCUT2D eigenvalue weighted by Gasteiger charge is 2.30. The molecule has 2 heterocycles. The molecule has 0 radical (unpaired) electrons. The predicted molar refractivity (Wildman–Crippen MR) is 368 cm³/mol. The van der Waals surface area contributed by atoms with E-state index < -0.39 is 16.5 Å². The second kappa shape index (κ2) is 25.4. The van der Waals surface area contributed by atoms with E-state index in [0.717, 1.165) is 110 Å². The van der Waals surface area contributed by atoms with E-state index in [0.29, 0.717) is 39.6 Å². The summed E-state index contributed by atoms with van der Waals surface area (Å²) >= 11 is 0. The van der Waals surface area contributed by atoms with Crippen LogP contribution in [0.1, 0.15) is 150 Å². The van der Waals surface area contributed by atoms with Crippen molar-refractivity contribution in [2.75, 3.05) is 52.9 Å². The lowest BCUT2D eigenvalue weighted by Gasteiger charge is -2.23. The summed E-state index contributed by atoms with van der Waals surface area (Å²) in [5, 5.41) is 8.63. The van der Waals surface area contributed by atoms with E-state index in [1.165, 1.54) is 44.5 Å². The van der Waals surface area contributed by atoms with Crippen molar-refractivity contribution in [3.05, 3.63) is 164 Å². The number of hydrogen-bond donors (Lipinski definition) is 0. The fourth-order valence-electron chi connectivity index (χ4n) is 12.0. The van der Waals surface area contributed by atoms with Gasteiger partial charge in [0.05, 0.1) is 39.6 Å². The Morgan fingerprint density at radius 3 is 0.886 bits per heavy atom. The molecule has 0 aliphatic rings. The Bertz CT molecular complexity index is 3910. The first kappa shape index (κ1) is 64.5. The smallest absolute Gasteiger partial charge is 0.387 e. The molecule has 466 valence electrons. The van der Waals surface area contributed by atoms with E-state index in [4.69, 9.17) is 44.8 Å². The van der Waals surface area contributed by atoms with Gasteiger partial charge in [0.15, 0.2) is 0 Å². The molecule has 0 N–H and O–H groups in total. The molecule has 10 nitrogen and oxygen atoms in total. The molecule has 0 aliphatic carbocycles. The molecule has 10 aromatic rings. The lowest BCUT2D eigenvalue weighted by Crippen LogP contribution is -2.13. The van der Waals surface area contributed by atoms with Gasteiger partial charge in [-0.1, -0.05) is 168 Å². The highest BCUT2D eigenvalue weighted by atomic mass is 31.1. The number of fused-ring (bicyclic) bond motifs is 8. The molecule has 2 aromatic heterocycles. The van der Waals surface area contributed by atoms with E-state index in [-0.39, 0.29) is 34.9 Å². The van der Waals surface area contributed by atoms with Gasteiger partial charge in [-0.2, -0.15) is 0 Å². The molecule has 0 saturated heterocycles. The normalized spacial score (nSPS) is 12.6. The molecule has 88 heavy (non-hydrogen) atoms. The van der Waals surface area contributed by atoms with Crippen LogP contribution in [0.15, 0.2) is 114 Å². The number of rotatable bonds is 17. The third kappa shape index (κ3) is 13.1. The summed E-state index contributed by atoms with van der Waals surface area (Å²) < 4.78 is 66.9. The Balaban J connectivity index is 0.857. The number of ether oxygens (including phenoxy) is 4. The fourth-order valence-corrected chi connectivity index (χ4v) is 14.1. The molecule has 0 aliphatic heterocycles. The largest absolute Gasteiger partial charge is 0.491 e. The highest BCUT2D eigenvalue weighted by molar-refractivity contribution is 7.32. The van der Waals surface area contributed by atoms with Gasteiger partial charge in [0.2, 0.25) is 0 Å². The summed E-state index contributed by atoms with van der Waals surface area (Å²) in [5.74, 6) is 1.45. The molecule has 12 heteroatoms. The molecule has 8 aromatic carbocycles. The van der Waals surface area contributed by atoms with Gasteiger partial charge in [0.1, 0.15) is 47.0 Å². The van der Waals surface area contributed by atoms with Crippen molar-refractivity contribution in [1.82, 2.24) is 0 Å². The molecule has 0 fully saturated rings. The van der Waals surface area contributed by atoms with Crippen molar-refractivity contribution in [2.24, 2.45) is 0 Å². The monoisotopic (exact) mass is 1230 g/mol. The Kier molecular flexibility index (Phi) is 18.6. The van der Waals surface area contributed by atoms with E-state index in [9.17, 15) is 0 Å². The zero-order valence-electron chi connectivity index (χ0n) is 55.9. The van der Waals surface area contributed by atoms with Crippen molar-refractivity contribution in [1.29, 1.82) is 0 Å². The third-order valence-electron chi connectivity index (χ3n) is 17.4. The molecule has 10 rings (SSSR count). The maximum absolute atomic E-state index is 6.94. The van der Waals surface area contributed by atoms with Gasteiger partial charge in [-0.25, -0.2) is 0 Å². The Morgan fingerprint density at radius 2 is 0.602 bits per heavy atom. The first-order valence-electron chi connectivity index (χ1n) is 31.2. The third-order valence-corrected chi connectivity index (χ3v) is 19.6. The molecular formula is C76H92O10P2. The SMILES string of the molecule is Cc1cc(C(C)(C)C)c2op(OCCOCCOc3ccc4ccccc4c3-c3c(OCCOCCOp4oc5c(C(C)(C)C)cc(C)c(C)c5c5c(C)c(C)cc(C(C)(C)C)c5o4)ccc4ccccc34)oc3c(C(C)(C)C)cc(C)c(C)c3c2c1C. The topological polar surface area (TPSA) is 108 Å². The van der Waals surface area contributed by atoms with Gasteiger partial charge >= 0.3 is 16.5 Å². The van der Waals surface area contributed by atoms with Gasteiger partial charge in [0, 0.05) is 54.9 Å². The van der Waals surface area contributed by atoms with Crippen LogP contribution in [-0.4, -0.2) is 52.9 Å². The molecule has 0 saturated carbocycles. The minimum absolute atomic E-state index is 0.195. The van der Waals surface area contributed by atoms with Gasteiger partial charge in [0.25, 0.3) is 0 Å². The number of aryl methyl sites for hydroxylation is 8. The van der Waals surface area contributed by atoms with Crippen molar-refractivity contribution < 1.29 is 44.8 Å². The van der Waals surface area contributed by atoms with Gasteiger partial charge < -0.3 is 35.7 Å². The quantitative estimate of drug-likeness (QED) is 0.0818. The molecule has 0 unspecified atom stereocenters. The second-order valence-corrected chi connectivity index (χ2v) is 30.1. The molecule has 0 bridgehead atoms. The lowest BCUT2D eigenvalue weighted by atomic mass is 9.81. The van der Waals surface area contributed by atoms with Crippen LogP contribution in [0.3, 0.4) is 0 Å². The van der Waals surface area contributed by atoms with Gasteiger partial charge in [-0.3, -0.25) is 9.05 Å². The van der Waals surface area contributed by atoms with Crippen LogP contribution in [0.4, 0.5) is 0 Å². The van der Waals surface area contributed by atoms with Crippen molar-refractivity contribution in [3.8, 4) is 22.6 Å². The minimum atomic E-state index is -1.85. The Labute approximate surface area is 523 Å². The van der Waals surface area contributed by atoms with Crippen LogP contribution in [-0.2, 0) is 31.1 Å². The zero-order valence-corrected chi connectivity index (χ0v) is 57.7. The van der Waals surface area contributed by atoms with E-state index in [1.54, 1.807) is 0 Å². The summed E-state index contributed by atoms with van der Waals surface area (Å²) in [6.07, 6.45) is 0. The average Bonchev–Trinajstić information content (AvgIpc) is 1.44. The van der Waals surface area contributed by atoms with E-state index >= 15 is 0 Å². The van der Waals surface area contributed by atoms with Crippen LogP contribution in [0.5, 0.6) is 11.5 Å². The van der Waals surface area contributed by atoms with Crippen LogP contribution in [0.2, 0.25) is 0 Å². The second-order valence-electron chi connectivity index (χ2n) is 28.0. The standard InChI is InChI=1S/C76H92O10P2/c1-45-41-57(73(9,10)11)69-63(49(45)5)64-50(6)46(2)42-58(74(12,13)14)70(64)84-87(83-69)81-39-35-77-33-37-79-61-31-29-53-25-21-23-27-55(53)67(61)68-56-28-24-22-26-54(56)30-32-62(68)80-38-34-78-36-40-82-88-85-71-59(75(15,16)17)43-47(3)51(7)65(71)66-52(8)48(4)44-60(72(66)86-88)76(18,19)20/h21-32,41-44H,33-40H2,1-20H3.